The number of carbonyl (C=O) groups is 1. The summed E-state index contributed by atoms with van der Waals surface area (Å²) in [6.07, 6.45) is 3.09. The number of halogens is 1. The van der Waals surface area contributed by atoms with Crippen LogP contribution in [-0.4, -0.2) is 22.3 Å². The fourth-order valence-corrected chi connectivity index (χ4v) is 2.62. The molecule has 0 saturated heterocycles. The second kappa shape index (κ2) is 9.07. The predicted molar refractivity (Wildman–Crippen MR) is 102 cm³/mol. The highest BCUT2D eigenvalue weighted by Gasteiger charge is 2.12. The van der Waals surface area contributed by atoms with Gasteiger partial charge in [0.15, 0.2) is 6.61 Å². The van der Waals surface area contributed by atoms with Crippen molar-refractivity contribution in [3.8, 4) is 11.8 Å². The van der Waals surface area contributed by atoms with E-state index in [0.29, 0.717) is 22.5 Å². The van der Waals surface area contributed by atoms with Gasteiger partial charge in [0.2, 0.25) is 5.91 Å². The van der Waals surface area contributed by atoms with E-state index in [-0.39, 0.29) is 12.5 Å². The van der Waals surface area contributed by atoms with Crippen LogP contribution >= 0.6 is 11.6 Å². The molecule has 0 atom stereocenters. The van der Waals surface area contributed by atoms with E-state index in [1.165, 1.54) is 6.08 Å². The van der Waals surface area contributed by atoms with E-state index in [1.54, 1.807) is 35.0 Å². The number of benzene rings is 1. The van der Waals surface area contributed by atoms with Crippen LogP contribution < -0.4 is 10.1 Å². The molecule has 26 heavy (non-hydrogen) atoms. The third-order valence-corrected chi connectivity index (χ3v) is 3.87. The van der Waals surface area contributed by atoms with Gasteiger partial charge in [-0.2, -0.15) is 10.4 Å². The maximum atomic E-state index is 12.1. The molecule has 2 aromatic rings. The summed E-state index contributed by atoms with van der Waals surface area (Å²) >= 11 is 6.36. The van der Waals surface area contributed by atoms with Gasteiger partial charge in [0.25, 0.3) is 0 Å². The maximum absolute atomic E-state index is 12.1. The Morgan fingerprint density at radius 1 is 1.42 bits per heavy atom. The molecular weight excluding hydrogens is 352 g/mol. The first-order chi connectivity index (χ1) is 12.4. The summed E-state index contributed by atoms with van der Waals surface area (Å²) in [5.41, 5.74) is 2.14. The zero-order chi connectivity index (χ0) is 19.1. The van der Waals surface area contributed by atoms with Gasteiger partial charge in [-0.15, -0.1) is 0 Å². The Morgan fingerprint density at radius 3 is 2.73 bits per heavy atom. The number of hydrogen-bond acceptors (Lipinski definition) is 4. The third-order valence-electron chi connectivity index (χ3n) is 3.47. The van der Waals surface area contributed by atoms with Crippen molar-refractivity contribution in [3.05, 3.63) is 46.8 Å². The van der Waals surface area contributed by atoms with E-state index in [1.807, 2.05) is 13.0 Å². The van der Waals surface area contributed by atoms with Crippen LogP contribution in [0.1, 0.15) is 25.1 Å². The topological polar surface area (TPSA) is 79.9 Å². The van der Waals surface area contributed by atoms with Gasteiger partial charge >= 0.3 is 0 Å². The van der Waals surface area contributed by atoms with Crippen LogP contribution in [0.15, 0.2) is 30.3 Å². The fraction of sp³-hybridized carbons (Fsp3) is 0.316. The molecule has 0 aliphatic carbocycles. The largest absolute Gasteiger partial charge is 0.479 e. The SMILES string of the molecule is Cc1nn(CC(C)C)c(Cl)c1/C=C/C(=O)Nc1ccc(OCC#N)cc1. The molecular formula is C19H21ClN4O2. The standard InChI is InChI=1S/C19H21ClN4O2/c1-13(2)12-24-19(20)17(14(3)23-24)8-9-18(25)22-15-4-6-16(7-5-15)26-11-10-21/h4-9,13H,11-12H2,1-3H3,(H,22,25)/b9-8+. The van der Waals surface area contributed by atoms with Crippen LogP contribution in [0.25, 0.3) is 6.08 Å². The van der Waals surface area contributed by atoms with Crippen molar-refractivity contribution in [1.29, 1.82) is 5.26 Å². The number of carbonyl (C=O) groups excluding carboxylic acids is 1. The number of ether oxygens (including phenoxy) is 1. The van der Waals surface area contributed by atoms with Gasteiger partial charge in [-0.3, -0.25) is 9.48 Å². The number of amides is 1. The molecule has 1 N–H and O–H groups in total. The highest BCUT2D eigenvalue weighted by Crippen LogP contribution is 2.22. The Balaban J connectivity index is 2.01. The summed E-state index contributed by atoms with van der Waals surface area (Å²) < 4.78 is 6.91. The van der Waals surface area contributed by atoms with Crippen molar-refractivity contribution in [2.24, 2.45) is 5.92 Å². The first-order valence-electron chi connectivity index (χ1n) is 8.22. The Labute approximate surface area is 158 Å². The van der Waals surface area contributed by atoms with E-state index >= 15 is 0 Å². The van der Waals surface area contributed by atoms with E-state index in [9.17, 15) is 4.79 Å². The first kappa shape index (κ1) is 19.5. The number of nitriles is 1. The lowest BCUT2D eigenvalue weighted by molar-refractivity contribution is -0.111. The van der Waals surface area contributed by atoms with Crippen molar-refractivity contribution < 1.29 is 9.53 Å². The highest BCUT2D eigenvalue weighted by atomic mass is 35.5. The van der Waals surface area contributed by atoms with Crippen LogP contribution in [0, 0.1) is 24.2 Å². The van der Waals surface area contributed by atoms with Crippen molar-refractivity contribution in [1.82, 2.24) is 9.78 Å². The Kier molecular flexibility index (Phi) is 6.81. The minimum absolute atomic E-state index is 0.0148. The second-order valence-corrected chi connectivity index (χ2v) is 6.52. The van der Waals surface area contributed by atoms with Crippen molar-refractivity contribution >= 4 is 29.3 Å². The monoisotopic (exact) mass is 372 g/mol. The van der Waals surface area contributed by atoms with Gasteiger partial charge in [-0.25, -0.2) is 0 Å². The zero-order valence-corrected chi connectivity index (χ0v) is 15.7. The van der Waals surface area contributed by atoms with Crippen molar-refractivity contribution in [2.75, 3.05) is 11.9 Å². The maximum Gasteiger partial charge on any atom is 0.248 e. The number of hydrogen-bond donors (Lipinski definition) is 1. The van der Waals surface area contributed by atoms with E-state index in [4.69, 9.17) is 21.6 Å². The summed E-state index contributed by atoms with van der Waals surface area (Å²) in [5, 5.41) is 16.2. The van der Waals surface area contributed by atoms with Crippen LogP contribution in [0.2, 0.25) is 5.15 Å². The van der Waals surface area contributed by atoms with Crippen LogP contribution in [0.4, 0.5) is 5.69 Å². The van der Waals surface area contributed by atoms with Crippen LogP contribution in [0.3, 0.4) is 0 Å². The molecule has 0 radical (unpaired) electrons. The van der Waals surface area contributed by atoms with Crippen LogP contribution in [0.5, 0.6) is 5.75 Å². The van der Waals surface area contributed by atoms with Gasteiger partial charge in [-0.05, 0) is 43.2 Å². The molecule has 0 spiro atoms. The summed E-state index contributed by atoms with van der Waals surface area (Å²) in [7, 11) is 0. The second-order valence-electron chi connectivity index (χ2n) is 6.16. The molecule has 0 saturated carbocycles. The Hall–Kier alpha value is -2.78. The van der Waals surface area contributed by atoms with E-state index in [0.717, 1.165) is 17.8 Å². The highest BCUT2D eigenvalue weighted by molar-refractivity contribution is 6.31. The number of rotatable bonds is 7. The normalized spacial score (nSPS) is 10.9. The average molecular weight is 373 g/mol. The molecule has 0 bridgehead atoms. The quantitative estimate of drug-likeness (QED) is 0.743. The zero-order valence-electron chi connectivity index (χ0n) is 15.0. The molecule has 0 unspecified atom stereocenters. The smallest absolute Gasteiger partial charge is 0.248 e. The molecule has 1 aromatic heterocycles. The first-order valence-corrected chi connectivity index (χ1v) is 8.60. The molecule has 6 nitrogen and oxygen atoms in total. The lowest BCUT2D eigenvalue weighted by atomic mass is 10.2. The van der Waals surface area contributed by atoms with Crippen molar-refractivity contribution in [3.63, 3.8) is 0 Å². The van der Waals surface area contributed by atoms with Gasteiger partial charge < -0.3 is 10.1 Å². The Morgan fingerprint density at radius 2 is 2.12 bits per heavy atom. The lowest BCUT2D eigenvalue weighted by Crippen LogP contribution is -2.07. The minimum Gasteiger partial charge on any atom is -0.479 e. The number of anilines is 1. The number of nitrogens with one attached hydrogen (secondary N) is 1. The van der Waals surface area contributed by atoms with E-state index in [2.05, 4.69) is 24.3 Å². The van der Waals surface area contributed by atoms with Gasteiger partial charge in [0.05, 0.1) is 5.69 Å². The molecule has 2 rings (SSSR count). The number of aryl methyl sites for hydroxylation is 1. The molecule has 0 fully saturated rings. The number of nitrogens with zero attached hydrogens (tertiary/aromatic N) is 3. The predicted octanol–water partition coefficient (Wildman–Crippen LogP) is 4.06. The van der Waals surface area contributed by atoms with Gasteiger partial charge in [0.1, 0.15) is 17.0 Å². The molecule has 7 heteroatoms. The van der Waals surface area contributed by atoms with Crippen LogP contribution in [-0.2, 0) is 11.3 Å². The molecule has 1 aromatic carbocycles. The molecule has 0 aliphatic rings. The minimum atomic E-state index is -0.275. The Bertz CT molecular complexity index is 832. The average Bonchev–Trinajstić information content (AvgIpc) is 2.85. The van der Waals surface area contributed by atoms with Crippen molar-refractivity contribution in [2.45, 2.75) is 27.3 Å². The number of aromatic nitrogens is 2. The summed E-state index contributed by atoms with van der Waals surface area (Å²) in [6.45, 7) is 6.75. The third kappa shape index (κ3) is 5.36. The fourth-order valence-electron chi connectivity index (χ4n) is 2.32. The lowest BCUT2D eigenvalue weighted by Gasteiger charge is -2.05. The van der Waals surface area contributed by atoms with E-state index < -0.39 is 0 Å². The molecule has 1 amide bonds. The van der Waals surface area contributed by atoms with Gasteiger partial charge in [-0.1, -0.05) is 25.4 Å². The molecule has 1 heterocycles. The molecule has 0 aliphatic heterocycles. The summed E-state index contributed by atoms with van der Waals surface area (Å²) in [5.74, 6) is 0.717. The summed E-state index contributed by atoms with van der Waals surface area (Å²) in [4.78, 5) is 12.1. The molecule has 136 valence electrons. The van der Waals surface area contributed by atoms with Gasteiger partial charge in [0, 0.05) is 23.9 Å². The summed E-state index contributed by atoms with van der Waals surface area (Å²) in [6, 6.07) is 8.69.